The molecule has 2 aromatic carbocycles. The highest BCUT2D eigenvalue weighted by Crippen LogP contribution is 2.31. The van der Waals surface area contributed by atoms with Crippen LogP contribution >= 0.6 is 24.0 Å². The molecule has 180 valence electrons. The van der Waals surface area contributed by atoms with Gasteiger partial charge in [-0.25, -0.2) is 4.39 Å². The molecular formula is C24H33FIN5O2. The van der Waals surface area contributed by atoms with Gasteiger partial charge in [0.1, 0.15) is 5.82 Å². The summed E-state index contributed by atoms with van der Waals surface area (Å²) in [5.41, 5.74) is 3.06. The second-order valence-electron chi connectivity index (χ2n) is 7.73. The number of nitrogens with zero attached hydrogens (tertiary/aromatic N) is 2. The normalized spacial score (nSPS) is 12.4. The van der Waals surface area contributed by atoms with Crippen LogP contribution < -0.4 is 20.1 Å². The zero-order valence-electron chi connectivity index (χ0n) is 19.7. The number of nitrogens with one attached hydrogen (secondary N) is 3. The van der Waals surface area contributed by atoms with E-state index in [-0.39, 0.29) is 35.8 Å². The lowest BCUT2D eigenvalue weighted by atomic mass is 10.1. The number of aromatic amines is 1. The number of benzene rings is 2. The van der Waals surface area contributed by atoms with Crippen LogP contribution in [-0.2, 0) is 6.42 Å². The van der Waals surface area contributed by atoms with Crippen LogP contribution in [0.4, 0.5) is 4.39 Å². The first kappa shape index (κ1) is 26.7. The minimum atomic E-state index is -0.237. The first-order valence-electron chi connectivity index (χ1n) is 10.5. The van der Waals surface area contributed by atoms with Crippen LogP contribution in [-0.4, -0.2) is 64.3 Å². The molecule has 9 heteroatoms. The Balaban J connectivity index is 0.00000385. The summed E-state index contributed by atoms with van der Waals surface area (Å²) < 4.78 is 24.2. The maximum Gasteiger partial charge on any atom is 0.191 e. The molecule has 1 unspecified atom stereocenters. The number of H-pyrrole nitrogens is 1. The molecule has 0 spiro atoms. The molecule has 0 bridgehead atoms. The summed E-state index contributed by atoms with van der Waals surface area (Å²) in [7, 11) is 9.11. The number of likely N-dealkylation sites (N-methyl/N-ethyl adjacent to an activating group) is 1. The first-order chi connectivity index (χ1) is 15.5. The number of rotatable bonds is 9. The molecule has 7 nitrogen and oxygen atoms in total. The van der Waals surface area contributed by atoms with E-state index in [1.165, 1.54) is 12.1 Å². The van der Waals surface area contributed by atoms with Gasteiger partial charge in [-0.3, -0.25) is 4.99 Å². The highest BCUT2D eigenvalue weighted by molar-refractivity contribution is 14.0. The van der Waals surface area contributed by atoms with Crippen LogP contribution in [0.15, 0.2) is 47.6 Å². The van der Waals surface area contributed by atoms with E-state index in [2.05, 4.69) is 25.5 Å². The van der Waals surface area contributed by atoms with Crippen molar-refractivity contribution in [2.45, 2.75) is 12.5 Å². The van der Waals surface area contributed by atoms with Crippen molar-refractivity contribution in [1.29, 1.82) is 0 Å². The topological polar surface area (TPSA) is 73.9 Å². The Morgan fingerprint density at radius 3 is 2.52 bits per heavy atom. The lowest BCUT2D eigenvalue weighted by Crippen LogP contribution is -2.42. The van der Waals surface area contributed by atoms with Crippen molar-refractivity contribution >= 4 is 40.8 Å². The van der Waals surface area contributed by atoms with Gasteiger partial charge in [-0.15, -0.1) is 24.0 Å². The number of hydrogen-bond donors (Lipinski definition) is 3. The van der Waals surface area contributed by atoms with Gasteiger partial charge in [0.25, 0.3) is 0 Å². The molecule has 0 saturated heterocycles. The summed E-state index contributed by atoms with van der Waals surface area (Å²) in [6.07, 6.45) is 2.72. The third-order valence-electron chi connectivity index (χ3n) is 5.52. The monoisotopic (exact) mass is 569 g/mol. The van der Waals surface area contributed by atoms with Crippen LogP contribution in [0.2, 0.25) is 0 Å². The third-order valence-corrected chi connectivity index (χ3v) is 5.52. The molecular weight excluding hydrogens is 536 g/mol. The SMILES string of the molecule is CN=C(NCCc1c[nH]c2cc(F)ccc12)NCC(c1ccc(OC)c(OC)c1)N(C)C.I. The second-order valence-corrected chi connectivity index (χ2v) is 7.73. The number of ether oxygens (including phenoxy) is 2. The molecule has 0 saturated carbocycles. The van der Waals surface area contributed by atoms with Crippen molar-refractivity contribution < 1.29 is 13.9 Å². The van der Waals surface area contributed by atoms with Gasteiger partial charge in [-0.2, -0.15) is 0 Å². The summed E-state index contributed by atoms with van der Waals surface area (Å²) in [4.78, 5) is 9.62. The molecule has 0 aliphatic carbocycles. The third kappa shape index (κ3) is 6.73. The molecule has 1 aromatic heterocycles. The largest absolute Gasteiger partial charge is 0.493 e. The van der Waals surface area contributed by atoms with E-state index in [0.29, 0.717) is 24.6 Å². The van der Waals surface area contributed by atoms with E-state index >= 15 is 0 Å². The predicted molar refractivity (Wildman–Crippen MR) is 143 cm³/mol. The molecule has 3 N–H and O–H groups in total. The molecule has 0 radical (unpaired) electrons. The van der Waals surface area contributed by atoms with Crippen LogP contribution in [0.1, 0.15) is 17.2 Å². The smallest absolute Gasteiger partial charge is 0.191 e. The average molecular weight is 569 g/mol. The predicted octanol–water partition coefficient (Wildman–Crippen LogP) is 3.95. The lowest BCUT2D eigenvalue weighted by molar-refractivity contribution is 0.295. The minimum Gasteiger partial charge on any atom is -0.493 e. The zero-order chi connectivity index (χ0) is 23.1. The Morgan fingerprint density at radius 1 is 1.09 bits per heavy atom. The van der Waals surface area contributed by atoms with Gasteiger partial charge in [0.05, 0.1) is 20.3 Å². The Hall–Kier alpha value is -2.53. The van der Waals surface area contributed by atoms with Crippen LogP contribution in [0.5, 0.6) is 11.5 Å². The number of aromatic nitrogens is 1. The van der Waals surface area contributed by atoms with Crippen molar-refractivity contribution in [1.82, 2.24) is 20.5 Å². The fourth-order valence-electron chi connectivity index (χ4n) is 3.75. The second kappa shape index (κ2) is 12.6. The Bertz CT molecular complexity index is 1070. The molecule has 3 aromatic rings. The number of halogens is 2. The summed E-state index contributed by atoms with van der Waals surface area (Å²) in [6.45, 7) is 1.36. The van der Waals surface area contributed by atoms with Gasteiger partial charge in [0.15, 0.2) is 17.5 Å². The average Bonchev–Trinajstić information content (AvgIpc) is 3.19. The Kier molecular flexibility index (Phi) is 10.2. The van der Waals surface area contributed by atoms with Gasteiger partial charge in [-0.1, -0.05) is 6.07 Å². The van der Waals surface area contributed by atoms with Crippen LogP contribution in [0.3, 0.4) is 0 Å². The fraction of sp³-hybridized carbons (Fsp3) is 0.375. The van der Waals surface area contributed by atoms with Crippen molar-refractivity contribution in [3.05, 3.63) is 59.5 Å². The van der Waals surface area contributed by atoms with Crippen molar-refractivity contribution in [2.75, 3.05) is 48.5 Å². The highest BCUT2D eigenvalue weighted by Gasteiger charge is 2.17. The van der Waals surface area contributed by atoms with Crippen LogP contribution in [0.25, 0.3) is 10.9 Å². The van der Waals surface area contributed by atoms with E-state index in [0.717, 1.165) is 34.4 Å². The van der Waals surface area contributed by atoms with Crippen molar-refractivity contribution in [3.63, 3.8) is 0 Å². The summed E-state index contributed by atoms with van der Waals surface area (Å²) >= 11 is 0. The fourth-order valence-corrected chi connectivity index (χ4v) is 3.75. The standard InChI is InChI=1S/C24H32FN5O2.HI/c1-26-24(27-11-10-17-14-28-20-13-18(25)7-8-19(17)20)29-15-21(30(2)3)16-6-9-22(31-4)23(12-16)32-5;/h6-9,12-14,21,28H,10-11,15H2,1-5H3,(H2,26,27,29);1H. The molecule has 33 heavy (non-hydrogen) atoms. The van der Waals surface area contributed by atoms with Gasteiger partial charge < -0.3 is 30.0 Å². The molecule has 1 atom stereocenters. The number of fused-ring (bicyclic) bond motifs is 1. The van der Waals surface area contributed by atoms with E-state index in [9.17, 15) is 4.39 Å². The van der Waals surface area contributed by atoms with E-state index in [1.54, 1.807) is 21.3 Å². The summed E-state index contributed by atoms with van der Waals surface area (Å²) in [5.74, 6) is 1.90. The van der Waals surface area contributed by atoms with Gasteiger partial charge in [-0.05, 0) is 62.0 Å². The number of guanidine groups is 1. The highest BCUT2D eigenvalue weighted by atomic mass is 127. The quantitative estimate of drug-likeness (QED) is 0.207. The van der Waals surface area contributed by atoms with E-state index in [4.69, 9.17) is 9.47 Å². The van der Waals surface area contributed by atoms with Gasteiger partial charge >= 0.3 is 0 Å². The van der Waals surface area contributed by atoms with Gasteiger partial charge in [0, 0.05) is 37.2 Å². The van der Waals surface area contributed by atoms with E-state index in [1.807, 2.05) is 44.6 Å². The molecule has 0 aliphatic heterocycles. The number of methoxy groups -OCH3 is 2. The lowest BCUT2D eigenvalue weighted by Gasteiger charge is -2.26. The van der Waals surface area contributed by atoms with Crippen LogP contribution in [0, 0.1) is 5.82 Å². The molecule has 0 fully saturated rings. The van der Waals surface area contributed by atoms with E-state index < -0.39 is 0 Å². The molecule has 0 amide bonds. The molecule has 1 heterocycles. The summed E-state index contributed by atoms with van der Waals surface area (Å²) in [5, 5.41) is 7.81. The Morgan fingerprint density at radius 2 is 1.85 bits per heavy atom. The zero-order valence-corrected chi connectivity index (χ0v) is 22.1. The number of aliphatic imine (C=N–C) groups is 1. The summed E-state index contributed by atoms with van der Waals surface area (Å²) in [6, 6.07) is 10.9. The first-order valence-corrected chi connectivity index (χ1v) is 10.5. The maximum atomic E-state index is 13.4. The van der Waals surface area contributed by atoms with Crippen molar-refractivity contribution in [3.8, 4) is 11.5 Å². The Labute approximate surface area is 211 Å². The number of hydrogen-bond acceptors (Lipinski definition) is 4. The maximum absolute atomic E-state index is 13.4. The van der Waals surface area contributed by atoms with Crippen molar-refractivity contribution in [2.24, 2.45) is 4.99 Å². The molecule has 3 rings (SSSR count). The van der Waals surface area contributed by atoms with Gasteiger partial charge in [0.2, 0.25) is 0 Å². The molecule has 0 aliphatic rings. The minimum absolute atomic E-state index is 0.